The highest BCUT2D eigenvalue weighted by Crippen LogP contribution is 2.42. The fraction of sp³-hybridized carbons (Fsp3) is 0.300. The van der Waals surface area contributed by atoms with Crippen LogP contribution in [-0.4, -0.2) is 47.7 Å². The van der Waals surface area contributed by atoms with Crippen molar-refractivity contribution >= 4 is 21.5 Å². The molecule has 1 saturated heterocycles. The summed E-state index contributed by atoms with van der Waals surface area (Å²) in [6, 6.07) is 8.76. The van der Waals surface area contributed by atoms with Crippen LogP contribution in [0.1, 0.15) is 34.1 Å². The minimum absolute atomic E-state index is 0.00681. The Balaban J connectivity index is 1.82. The highest BCUT2D eigenvalue weighted by atomic mass is 32.2. The SMILES string of the molecule is Cc1ccc(C2C(C(=O)c3ccco3)=C(O)C(=O)N2C2CCS(=O)(=O)C2)cc1. The summed E-state index contributed by atoms with van der Waals surface area (Å²) in [7, 11) is -3.26. The van der Waals surface area contributed by atoms with E-state index >= 15 is 0 Å². The number of sulfone groups is 1. The number of nitrogens with zero attached hydrogens (tertiary/aromatic N) is 1. The first kappa shape index (κ1) is 18.5. The smallest absolute Gasteiger partial charge is 0.290 e. The zero-order chi connectivity index (χ0) is 20.1. The molecule has 0 radical (unpaired) electrons. The first-order valence-corrected chi connectivity index (χ1v) is 10.7. The maximum absolute atomic E-state index is 13.0. The second kappa shape index (κ2) is 6.63. The second-order valence-electron chi connectivity index (χ2n) is 7.15. The molecule has 1 N–H and O–H groups in total. The number of carbonyl (C=O) groups excluding carboxylic acids is 2. The molecular formula is C20H19NO6S. The molecule has 2 aliphatic heterocycles. The Morgan fingerprint density at radius 2 is 1.93 bits per heavy atom. The fourth-order valence-electron chi connectivity index (χ4n) is 3.84. The number of amides is 1. The predicted molar refractivity (Wildman–Crippen MR) is 101 cm³/mol. The Labute approximate surface area is 162 Å². The minimum Gasteiger partial charge on any atom is -0.503 e. The molecule has 4 rings (SSSR count). The Kier molecular flexibility index (Phi) is 4.38. The Morgan fingerprint density at radius 1 is 1.21 bits per heavy atom. The van der Waals surface area contributed by atoms with Gasteiger partial charge in [0.2, 0.25) is 5.78 Å². The van der Waals surface area contributed by atoms with Crippen LogP contribution in [0.25, 0.3) is 0 Å². The van der Waals surface area contributed by atoms with E-state index in [0.29, 0.717) is 5.56 Å². The molecule has 0 saturated carbocycles. The zero-order valence-electron chi connectivity index (χ0n) is 15.2. The molecule has 3 heterocycles. The van der Waals surface area contributed by atoms with Crippen LogP contribution in [0.5, 0.6) is 0 Å². The van der Waals surface area contributed by atoms with Crippen molar-refractivity contribution in [3.63, 3.8) is 0 Å². The molecular weight excluding hydrogens is 382 g/mol. The summed E-state index contributed by atoms with van der Waals surface area (Å²) >= 11 is 0. The van der Waals surface area contributed by atoms with Crippen molar-refractivity contribution in [1.29, 1.82) is 0 Å². The van der Waals surface area contributed by atoms with Crippen molar-refractivity contribution in [1.82, 2.24) is 4.90 Å². The lowest BCUT2D eigenvalue weighted by Gasteiger charge is -2.31. The van der Waals surface area contributed by atoms with Gasteiger partial charge in [-0.15, -0.1) is 0 Å². The summed E-state index contributed by atoms with van der Waals surface area (Å²) in [6.07, 6.45) is 1.61. The van der Waals surface area contributed by atoms with Crippen molar-refractivity contribution in [3.8, 4) is 0 Å². The predicted octanol–water partition coefficient (Wildman–Crippen LogP) is 2.35. The molecule has 2 atom stereocenters. The van der Waals surface area contributed by atoms with E-state index in [0.717, 1.165) is 5.56 Å². The van der Waals surface area contributed by atoms with Gasteiger partial charge in [0.25, 0.3) is 5.91 Å². The molecule has 0 aliphatic carbocycles. The van der Waals surface area contributed by atoms with E-state index in [-0.39, 0.29) is 29.3 Å². The molecule has 0 bridgehead atoms. The van der Waals surface area contributed by atoms with Gasteiger partial charge in [0, 0.05) is 6.04 Å². The molecule has 1 fully saturated rings. The van der Waals surface area contributed by atoms with Crippen molar-refractivity contribution in [3.05, 3.63) is 70.9 Å². The fourth-order valence-corrected chi connectivity index (χ4v) is 5.55. The van der Waals surface area contributed by atoms with Crippen LogP contribution < -0.4 is 0 Å². The minimum atomic E-state index is -3.26. The van der Waals surface area contributed by atoms with Crippen LogP contribution in [0.3, 0.4) is 0 Å². The van der Waals surface area contributed by atoms with Gasteiger partial charge >= 0.3 is 0 Å². The van der Waals surface area contributed by atoms with Crippen molar-refractivity contribution in [2.24, 2.45) is 0 Å². The third kappa shape index (κ3) is 3.03. The number of aliphatic hydroxyl groups is 1. The number of Topliss-reactive ketones (excluding diaryl/α,β-unsaturated/α-hetero) is 1. The van der Waals surface area contributed by atoms with Gasteiger partial charge in [-0.3, -0.25) is 9.59 Å². The number of ketones is 1. The molecule has 8 heteroatoms. The summed E-state index contributed by atoms with van der Waals surface area (Å²) in [5.41, 5.74) is 1.53. The van der Waals surface area contributed by atoms with Gasteiger partial charge in [0.15, 0.2) is 21.4 Å². The first-order valence-electron chi connectivity index (χ1n) is 8.89. The van der Waals surface area contributed by atoms with Crippen molar-refractivity contribution < 1.29 is 27.5 Å². The summed E-state index contributed by atoms with van der Waals surface area (Å²) < 4.78 is 29.1. The third-order valence-electron chi connectivity index (χ3n) is 5.23. The first-order chi connectivity index (χ1) is 13.3. The molecule has 7 nitrogen and oxygen atoms in total. The lowest BCUT2D eigenvalue weighted by molar-refractivity contribution is -0.131. The summed E-state index contributed by atoms with van der Waals surface area (Å²) in [5, 5.41) is 10.6. The van der Waals surface area contributed by atoms with E-state index in [1.807, 2.05) is 19.1 Å². The highest BCUT2D eigenvalue weighted by Gasteiger charge is 2.49. The van der Waals surface area contributed by atoms with E-state index in [2.05, 4.69) is 0 Å². The molecule has 1 amide bonds. The standard InChI is InChI=1S/C20H19NO6S/c1-12-4-6-13(7-5-12)17-16(18(22)15-3-2-9-27-15)19(23)20(24)21(17)14-8-10-28(25,26)11-14/h2-7,9,14,17,23H,8,10-11H2,1H3. The second-order valence-corrected chi connectivity index (χ2v) is 9.38. The quantitative estimate of drug-likeness (QED) is 0.789. The van der Waals surface area contributed by atoms with Gasteiger partial charge in [-0.1, -0.05) is 29.8 Å². The third-order valence-corrected chi connectivity index (χ3v) is 6.98. The van der Waals surface area contributed by atoms with Gasteiger partial charge < -0.3 is 14.4 Å². The number of aliphatic hydroxyl groups excluding tert-OH is 1. The Hall–Kier alpha value is -2.87. The molecule has 1 aromatic carbocycles. The molecule has 2 unspecified atom stereocenters. The molecule has 2 aromatic rings. The van der Waals surface area contributed by atoms with Crippen LogP contribution in [0.15, 0.2) is 58.4 Å². The molecule has 2 aliphatic rings. The average molecular weight is 401 g/mol. The molecule has 146 valence electrons. The molecule has 0 spiro atoms. The van der Waals surface area contributed by atoms with E-state index in [1.54, 1.807) is 18.2 Å². The number of aryl methyl sites for hydroxylation is 1. The monoisotopic (exact) mass is 401 g/mol. The lowest BCUT2D eigenvalue weighted by atomic mass is 9.93. The summed E-state index contributed by atoms with van der Waals surface area (Å²) in [5.74, 6) is -2.18. The summed E-state index contributed by atoms with van der Waals surface area (Å²) in [6.45, 7) is 1.91. The van der Waals surface area contributed by atoms with Gasteiger partial charge in [-0.2, -0.15) is 0 Å². The number of carbonyl (C=O) groups is 2. The zero-order valence-corrected chi connectivity index (χ0v) is 16.0. The number of hydrogen-bond acceptors (Lipinski definition) is 6. The van der Waals surface area contributed by atoms with Crippen LogP contribution in [0.4, 0.5) is 0 Å². The molecule has 1 aromatic heterocycles. The highest BCUT2D eigenvalue weighted by molar-refractivity contribution is 7.91. The summed E-state index contributed by atoms with van der Waals surface area (Å²) in [4.78, 5) is 27.2. The van der Waals surface area contributed by atoms with E-state index in [4.69, 9.17) is 4.42 Å². The van der Waals surface area contributed by atoms with Crippen LogP contribution in [-0.2, 0) is 14.6 Å². The Bertz CT molecular complexity index is 1070. The average Bonchev–Trinajstić information content (AvgIpc) is 3.35. The van der Waals surface area contributed by atoms with Gasteiger partial charge in [0.05, 0.1) is 29.4 Å². The number of benzene rings is 1. The van der Waals surface area contributed by atoms with E-state index in [9.17, 15) is 23.1 Å². The van der Waals surface area contributed by atoms with Gasteiger partial charge in [-0.05, 0) is 31.0 Å². The number of furan rings is 1. The van der Waals surface area contributed by atoms with Crippen LogP contribution in [0.2, 0.25) is 0 Å². The van der Waals surface area contributed by atoms with Crippen LogP contribution >= 0.6 is 0 Å². The normalized spacial score (nSPS) is 24.2. The number of hydrogen-bond donors (Lipinski definition) is 1. The maximum atomic E-state index is 13.0. The lowest BCUT2D eigenvalue weighted by Crippen LogP contribution is -2.41. The van der Waals surface area contributed by atoms with E-state index in [1.165, 1.54) is 17.2 Å². The van der Waals surface area contributed by atoms with Crippen molar-refractivity contribution in [2.75, 3.05) is 11.5 Å². The topological polar surface area (TPSA) is 105 Å². The molecule has 28 heavy (non-hydrogen) atoms. The van der Waals surface area contributed by atoms with Crippen LogP contribution in [0, 0.1) is 6.92 Å². The van der Waals surface area contributed by atoms with Gasteiger partial charge in [-0.25, -0.2) is 8.42 Å². The van der Waals surface area contributed by atoms with Crippen molar-refractivity contribution in [2.45, 2.75) is 25.4 Å². The Morgan fingerprint density at radius 3 is 2.50 bits per heavy atom. The largest absolute Gasteiger partial charge is 0.503 e. The number of rotatable bonds is 4. The maximum Gasteiger partial charge on any atom is 0.290 e. The van der Waals surface area contributed by atoms with Gasteiger partial charge in [0.1, 0.15) is 0 Å². The van der Waals surface area contributed by atoms with E-state index < -0.39 is 39.4 Å².